The number of anilines is 1. The van der Waals surface area contributed by atoms with Gasteiger partial charge in [-0.3, -0.25) is 4.79 Å². The Balaban J connectivity index is 1.85. The second-order valence-electron chi connectivity index (χ2n) is 4.06. The molecule has 0 aliphatic heterocycles. The van der Waals surface area contributed by atoms with Crippen LogP contribution in [-0.4, -0.2) is 23.6 Å². The Hall–Kier alpha value is -2.76. The molecular formula is C14H13NO5. The van der Waals surface area contributed by atoms with Gasteiger partial charge in [0, 0.05) is 5.69 Å². The molecular weight excluding hydrogens is 262 g/mol. The van der Waals surface area contributed by atoms with E-state index < -0.39 is 18.5 Å². The first-order valence-electron chi connectivity index (χ1n) is 5.86. The van der Waals surface area contributed by atoms with Crippen LogP contribution in [0, 0.1) is 6.92 Å². The molecule has 0 aliphatic carbocycles. The molecule has 104 valence electrons. The lowest BCUT2D eigenvalue weighted by atomic mass is 10.3. The highest BCUT2D eigenvalue weighted by molar-refractivity contribution is 5.95. The number of aromatic hydroxyl groups is 1. The van der Waals surface area contributed by atoms with E-state index in [-0.39, 0.29) is 5.75 Å². The molecule has 0 saturated carbocycles. The number of nitrogens with one attached hydrogen (secondary N) is 1. The number of phenols is 1. The molecule has 0 bridgehead atoms. The van der Waals surface area contributed by atoms with Crippen molar-refractivity contribution in [1.82, 2.24) is 0 Å². The van der Waals surface area contributed by atoms with E-state index in [0.29, 0.717) is 17.0 Å². The number of ether oxygens (including phenoxy) is 1. The zero-order chi connectivity index (χ0) is 14.5. The third-order valence-corrected chi connectivity index (χ3v) is 2.56. The molecule has 0 aliphatic rings. The van der Waals surface area contributed by atoms with Gasteiger partial charge in [0.15, 0.2) is 6.61 Å². The Morgan fingerprint density at radius 2 is 1.95 bits per heavy atom. The summed E-state index contributed by atoms with van der Waals surface area (Å²) in [7, 11) is 0. The van der Waals surface area contributed by atoms with Gasteiger partial charge in [0.05, 0.1) is 6.26 Å². The largest absolute Gasteiger partial charge is 0.508 e. The predicted octanol–water partition coefficient (Wildman–Crippen LogP) is 2.09. The summed E-state index contributed by atoms with van der Waals surface area (Å²) in [6, 6.07) is 7.44. The van der Waals surface area contributed by atoms with Crippen molar-refractivity contribution in [2.24, 2.45) is 0 Å². The van der Waals surface area contributed by atoms with Crippen LogP contribution in [0.4, 0.5) is 5.69 Å². The monoisotopic (exact) mass is 275 g/mol. The Morgan fingerprint density at radius 1 is 1.25 bits per heavy atom. The number of amides is 1. The summed E-state index contributed by atoms with van der Waals surface area (Å²) in [5, 5.41) is 11.6. The van der Waals surface area contributed by atoms with Crippen molar-refractivity contribution in [3.63, 3.8) is 0 Å². The molecule has 2 rings (SSSR count). The van der Waals surface area contributed by atoms with Crippen LogP contribution in [0.15, 0.2) is 41.0 Å². The van der Waals surface area contributed by atoms with E-state index in [0.717, 1.165) is 0 Å². The molecule has 2 aromatic rings. The van der Waals surface area contributed by atoms with Crippen molar-refractivity contribution in [3.05, 3.63) is 47.9 Å². The van der Waals surface area contributed by atoms with Gasteiger partial charge in [-0.2, -0.15) is 0 Å². The van der Waals surface area contributed by atoms with Crippen molar-refractivity contribution >= 4 is 17.6 Å². The van der Waals surface area contributed by atoms with Crippen LogP contribution in [0.1, 0.15) is 16.1 Å². The van der Waals surface area contributed by atoms with E-state index in [1.807, 2.05) is 0 Å². The van der Waals surface area contributed by atoms with Crippen molar-refractivity contribution in [1.29, 1.82) is 0 Å². The van der Waals surface area contributed by atoms with Gasteiger partial charge in [0.1, 0.15) is 17.1 Å². The second-order valence-corrected chi connectivity index (χ2v) is 4.06. The van der Waals surface area contributed by atoms with Gasteiger partial charge in [-0.25, -0.2) is 4.79 Å². The molecule has 1 amide bonds. The molecule has 6 nitrogen and oxygen atoms in total. The van der Waals surface area contributed by atoms with E-state index in [1.165, 1.54) is 36.6 Å². The fourth-order valence-corrected chi connectivity index (χ4v) is 1.55. The number of furan rings is 1. The molecule has 0 spiro atoms. The van der Waals surface area contributed by atoms with Crippen molar-refractivity contribution < 1.29 is 23.8 Å². The first-order chi connectivity index (χ1) is 9.56. The van der Waals surface area contributed by atoms with E-state index in [1.54, 1.807) is 6.92 Å². The van der Waals surface area contributed by atoms with Crippen molar-refractivity contribution in [3.8, 4) is 5.75 Å². The Kier molecular flexibility index (Phi) is 4.05. The van der Waals surface area contributed by atoms with Gasteiger partial charge in [-0.05, 0) is 37.3 Å². The highest BCUT2D eigenvalue weighted by Crippen LogP contribution is 2.14. The summed E-state index contributed by atoms with van der Waals surface area (Å²) < 4.78 is 9.84. The molecule has 20 heavy (non-hydrogen) atoms. The van der Waals surface area contributed by atoms with Crippen LogP contribution in [0.25, 0.3) is 0 Å². The van der Waals surface area contributed by atoms with Crippen LogP contribution in [0.3, 0.4) is 0 Å². The molecule has 1 heterocycles. The number of phenolic OH excluding ortho intramolecular Hbond substituents is 1. The number of esters is 1. The van der Waals surface area contributed by atoms with Gasteiger partial charge in [0.2, 0.25) is 0 Å². The summed E-state index contributed by atoms with van der Waals surface area (Å²) in [5.41, 5.74) is 0.797. The van der Waals surface area contributed by atoms with Crippen molar-refractivity contribution in [2.75, 3.05) is 11.9 Å². The maximum atomic E-state index is 11.6. The molecule has 1 aromatic carbocycles. The van der Waals surface area contributed by atoms with E-state index in [9.17, 15) is 9.59 Å². The van der Waals surface area contributed by atoms with Crippen LogP contribution in [0.2, 0.25) is 0 Å². The number of carbonyl (C=O) groups is 2. The zero-order valence-corrected chi connectivity index (χ0v) is 10.8. The number of carbonyl (C=O) groups excluding carboxylic acids is 2. The molecule has 0 radical (unpaired) electrons. The normalized spacial score (nSPS) is 10.1. The fraction of sp³-hybridized carbons (Fsp3) is 0.143. The zero-order valence-electron chi connectivity index (χ0n) is 10.8. The Morgan fingerprint density at radius 3 is 2.55 bits per heavy atom. The van der Waals surface area contributed by atoms with E-state index in [2.05, 4.69) is 5.32 Å². The lowest BCUT2D eigenvalue weighted by Crippen LogP contribution is -2.20. The Labute approximate surface area is 115 Å². The molecule has 6 heteroatoms. The topological polar surface area (TPSA) is 88.8 Å². The van der Waals surface area contributed by atoms with E-state index in [4.69, 9.17) is 14.3 Å². The minimum Gasteiger partial charge on any atom is -0.508 e. The minimum absolute atomic E-state index is 0.102. The quantitative estimate of drug-likeness (QED) is 0.658. The predicted molar refractivity (Wildman–Crippen MR) is 70.5 cm³/mol. The number of aryl methyl sites for hydroxylation is 1. The highest BCUT2D eigenvalue weighted by atomic mass is 16.5. The van der Waals surface area contributed by atoms with Crippen LogP contribution in [0.5, 0.6) is 5.75 Å². The molecule has 1 aromatic heterocycles. The number of hydrogen-bond acceptors (Lipinski definition) is 5. The average molecular weight is 275 g/mol. The van der Waals surface area contributed by atoms with E-state index >= 15 is 0 Å². The standard InChI is InChI=1S/C14H13NO5/c1-9-12(6-7-19-9)14(18)20-8-13(17)15-10-2-4-11(16)5-3-10/h2-7,16H,8H2,1H3,(H,15,17). The molecule has 2 N–H and O–H groups in total. The SMILES string of the molecule is Cc1occc1C(=O)OCC(=O)Nc1ccc(O)cc1. The molecule has 0 unspecified atom stereocenters. The lowest BCUT2D eigenvalue weighted by Gasteiger charge is -2.06. The number of rotatable bonds is 4. The van der Waals surface area contributed by atoms with Gasteiger partial charge < -0.3 is 19.6 Å². The third kappa shape index (κ3) is 3.38. The number of benzene rings is 1. The van der Waals surface area contributed by atoms with Crippen LogP contribution < -0.4 is 5.32 Å². The third-order valence-electron chi connectivity index (χ3n) is 2.56. The average Bonchev–Trinajstić information content (AvgIpc) is 2.85. The molecule has 0 saturated heterocycles. The summed E-state index contributed by atoms with van der Waals surface area (Å²) >= 11 is 0. The first-order valence-corrected chi connectivity index (χ1v) is 5.86. The maximum Gasteiger partial charge on any atom is 0.342 e. The lowest BCUT2D eigenvalue weighted by molar-refractivity contribution is -0.119. The smallest absolute Gasteiger partial charge is 0.342 e. The maximum absolute atomic E-state index is 11.6. The fourth-order valence-electron chi connectivity index (χ4n) is 1.55. The van der Waals surface area contributed by atoms with Gasteiger partial charge in [-0.1, -0.05) is 0 Å². The minimum atomic E-state index is -0.614. The van der Waals surface area contributed by atoms with Gasteiger partial charge in [0.25, 0.3) is 5.91 Å². The van der Waals surface area contributed by atoms with Gasteiger partial charge in [-0.15, -0.1) is 0 Å². The first kappa shape index (κ1) is 13.7. The summed E-state index contributed by atoms with van der Waals surface area (Å²) in [5.74, 6) is -0.541. The van der Waals surface area contributed by atoms with Crippen LogP contribution in [-0.2, 0) is 9.53 Å². The Bertz CT molecular complexity index is 615. The molecule has 0 atom stereocenters. The molecule has 0 fully saturated rings. The highest BCUT2D eigenvalue weighted by Gasteiger charge is 2.14. The number of hydrogen-bond donors (Lipinski definition) is 2. The second kappa shape index (κ2) is 5.92. The van der Waals surface area contributed by atoms with Crippen LogP contribution >= 0.6 is 0 Å². The summed E-state index contributed by atoms with van der Waals surface area (Å²) in [6.07, 6.45) is 1.38. The summed E-state index contributed by atoms with van der Waals surface area (Å²) in [4.78, 5) is 23.2. The van der Waals surface area contributed by atoms with Crippen molar-refractivity contribution in [2.45, 2.75) is 6.92 Å². The van der Waals surface area contributed by atoms with Gasteiger partial charge >= 0.3 is 5.97 Å². The summed E-state index contributed by atoms with van der Waals surface area (Å²) in [6.45, 7) is 1.23.